The number of aromatic nitrogens is 2. The standard InChI is InChI=1S/C23H23ClN4O3/c1-13-18(24)15(8-9-27-13)19-20-16(22(2,12-31-20)21(26)29)10-17(28-19)23(30,11-25)14-6-4-3-5-7-14/h3-10,30H,11-12,25H2,1-2H3,(H2,26,29)/t22-,23+/m0/s1. The smallest absolute Gasteiger partial charge is 0.231 e. The second kappa shape index (κ2) is 7.60. The monoisotopic (exact) mass is 438 g/mol. The maximum atomic E-state index is 12.4. The van der Waals surface area contributed by atoms with E-state index in [4.69, 9.17) is 32.8 Å². The number of amides is 1. The highest BCUT2D eigenvalue weighted by atomic mass is 35.5. The van der Waals surface area contributed by atoms with E-state index in [9.17, 15) is 9.90 Å². The third-order valence-corrected chi connectivity index (χ3v) is 6.38. The predicted molar refractivity (Wildman–Crippen MR) is 118 cm³/mol. The summed E-state index contributed by atoms with van der Waals surface area (Å²) in [7, 11) is 0. The van der Waals surface area contributed by atoms with Crippen LogP contribution < -0.4 is 16.2 Å². The lowest BCUT2D eigenvalue weighted by molar-refractivity contribution is -0.123. The molecule has 1 aliphatic rings. The number of primary amides is 1. The van der Waals surface area contributed by atoms with E-state index in [1.54, 1.807) is 44.3 Å². The minimum absolute atomic E-state index is 0.0594. The lowest BCUT2D eigenvalue weighted by Crippen LogP contribution is -2.41. The van der Waals surface area contributed by atoms with Gasteiger partial charge in [0.05, 0.1) is 16.4 Å². The number of aliphatic hydroxyl groups is 1. The number of benzene rings is 1. The summed E-state index contributed by atoms with van der Waals surface area (Å²) in [5, 5.41) is 12.0. The maximum Gasteiger partial charge on any atom is 0.231 e. The zero-order valence-electron chi connectivity index (χ0n) is 17.2. The average molecular weight is 439 g/mol. The summed E-state index contributed by atoms with van der Waals surface area (Å²) in [4.78, 5) is 21.3. The summed E-state index contributed by atoms with van der Waals surface area (Å²) >= 11 is 6.54. The average Bonchev–Trinajstić information content (AvgIpc) is 3.13. The van der Waals surface area contributed by atoms with Gasteiger partial charge in [-0.2, -0.15) is 0 Å². The third kappa shape index (κ3) is 3.26. The minimum Gasteiger partial charge on any atom is -0.489 e. The molecule has 2 aromatic heterocycles. The topological polar surface area (TPSA) is 124 Å². The molecule has 0 aliphatic carbocycles. The Balaban J connectivity index is 2.05. The first-order chi connectivity index (χ1) is 14.7. The second-order valence-electron chi connectivity index (χ2n) is 7.91. The van der Waals surface area contributed by atoms with Crippen LogP contribution in [0.2, 0.25) is 5.02 Å². The fourth-order valence-electron chi connectivity index (χ4n) is 3.80. The number of carbonyl (C=O) groups is 1. The van der Waals surface area contributed by atoms with Gasteiger partial charge in [-0.05, 0) is 31.5 Å². The molecular weight excluding hydrogens is 416 g/mol. The molecule has 0 saturated heterocycles. The molecule has 1 amide bonds. The quantitative estimate of drug-likeness (QED) is 0.562. The third-order valence-electron chi connectivity index (χ3n) is 5.91. The molecule has 0 fully saturated rings. The number of fused-ring (bicyclic) bond motifs is 1. The molecule has 0 radical (unpaired) electrons. The number of pyridine rings is 2. The van der Waals surface area contributed by atoms with Crippen LogP contribution in [-0.2, 0) is 15.8 Å². The van der Waals surface area contributed by atoms with Crippen molar-refractivity contribution in [3.8, 4) is 17.0 Å². The van der Waals surface area contributed by atoms with Crippen molar-refractivity contribution in [2.45, 2.75) is 24.9 Å². The number of nitrogens with zero attached hydrogens (tertiary/aromatic N) is 2. The highest BCUT2D eigenvalue weighted by Gasteiger charge is 2.45. The molecule has 31 heavy (non-hydrogen) atoms. The van der Waals surface area contributed by atoms with Crippen LogP contribution in [0.5, 0.6) is 5.75 Å². The molecule has 0 spiro atoms. The molecule has 2 atom stereocenters. The van der Waals surface area contributed by atoms with Crippen molar-refractivity contribution < 1.29 is 14.6 Å². The van der Waals surface area contributed by atoms with E-state index in [0.29, 0.717) is 38.9 Å². The molecule has 8 heteroatoms. The molecule has 1 aliphatic heterocycles. The van der Waals surface area contributed by atoms with E-state index in [2.05, 4.69) is 4.98 Å². The molecule has 7 nitrogen and oxygen atoms in total. The summed E-state index contributed by atoms with van der Waals surface area (Å²) in [5.41, 5.74) is 12.1. The number of halogens is 1. The zero-order valence-corrected chi connectivity index (χ0v) is 18.0. The SMILES string of the molecule is Cc1nccc(-c2nc([C@@](O)(CN)c3ccccc3)cc3c2OC[C@]3(C)C(N)=O)c1Cl. The van der Waals surface area contributed by atoms with Crippen molar-refractivity contribution in [1.29, 1.82) is 0 Å². The number of aryl methyl sites for hydroxylation is 1. The van der Waals surface area contributed by atoms with Gasteiger partial charge in [-0.3, -0.25) is 9.78 Å². The Bertz CT molecular complexity index is 1170. The fourth-order valence-corrected chi connectivity index (χ4v) is 4.00. The molecule has 0 saturated carbocycles. The Kier molecular flexibility index (Phi) is 5.21. The van der Waals surface area contributed by atoms with E-state index in [1.807, 2.05) is 18.2 Å². The number of rotatable bonds is 5. The van der Waals surface area contributed by atoms with Crippen molar-refractivity contribution >= 4 is 17.5 Å². The summed E-state index contributed by atoms with van der Waals surface area (Å²) in [6, 6.07) is 12.4. The Hall–Kier alpha value is -3.00. The molecular formula is C23H23ClN4O3. The second-order valence-corrected chi connectivity index (χ2v) is 8.28. The van der Waals surface area contributed by atoms with Crippen LogP contribution in [0.1, 0.15) is 29.4 Å². The van der Waals surface area contributed by atoms with E-state index >= 15 is 0 Å². The lowest BCUT2D eigenvalue weighted by Gasteiger charge is -2.29. The number of nitrogens with two attached hydrogens (primary N) is 2. The van der Waals surface area contributed by atoms with Crippen LogP contribution >= 0.6 is 11.6 Å². The van der Waals surface area contributed by atoms with E-state index in [0.717, 1.165) is 0 Å². The first kappa shape index (κ1) is 21.2. The summed E-state index contributed by atoms with van der Waals surface area (Å²) in [6.45, 7) is 3.42. The van der Waals surface area contributed by atoms with Gasteiger partial charge in [0.15, 0.2) is 0 Å². The predicted octanol–water partition coefficient (Wildman–Crippen LogP) is 2.44. The van der Waals surface area contributed by atoms with Crippen molar-refractivity contribution in [1.82, 2.24) is 9.97 Å². The Morgan fingerprint density at radius 2 is 2.03 bits per heavy atom. The molecule has 3 aromatic rings. The van der Waals surface area contributed by atoms with Gasteiger partial charge in [0.25, 0.3) is 0 Å². The molecule has 4 rings (SSSR count). The van der Waals surface area contributed by atoms with Gasteiger partial charge in [-0.1, -0.05) is 41.9 Å². The summed E-state index contributed by atoms with van der Waals surface area (Å²) < 4.78 is 5.91. The van der Waals surface area contributed by atoms with Crippen LogP contribution in [-0.4, -0.2) is 34.1 Å². The molecule has 0 unspecified atom stereocenters. The first-order valence-corrected chi connectivity index (χ1v) is 10.2. The Morgan fingerprint density at radius 1 is 1.32 bits per heavy atom. The van der Waals surface area contributed by atoms with Crippen molar-refractivity contribution in [3.63, 3.8) is 0 Å². The van der Waals surface area contributed by atoms with Gasteiger partial charge in [0.2, 0.25) is 5.91 Å². The van der Waals surface area contributed by atoms with Crippen LogP contribution in [0.3, 0.4) is 0 Å². The molecule has 5 N–H and O–H groups in total. The lowest BCUT2D eigenvalue weighted by atomic mass is 9.81. The van der Waals surface area contributed by atoms with Gasteiger partial charge in [-0.25, -0.2) is 4.98 Å². The van der Waals surface area contributed by atoms with Crippen LogP contribution in [0.15, 0.2) is 48.7 Å². The van der Waals surface area contributed by atoms with E-state index in [-0.39, 0.29) is 18.8 Å². The Morgan fingerprint density at radius 3 is 2.68 bits per heavy atom. The van der Waals surface area contributed by atoms with Gasteiger partial charge in [0, 0.05) is 23.9 Å². The maximum absolute atomic E-state index is 12.4. The Labute approximate surface area is 185 Å². The minimum atomic E-state index is -1.60. The van der Waals surface area contributed by atoms with Crippen LogP contribution in [0, 0.1) is 6.92 Å². The van der Waals surface area contributed by atoms with Crippen molar-refractivity contribution in [2.24, 2.45) is 11.5 Å². The van der Waals surface area contributed by atoms with E-state index < -0.39 is 16.9 Å². The molecule has 3 heterocycles. The normalized spacial score (nSPS) is 19.4. The summed E-state index contributed by atoms with van der Waals surface area (Å²) in [5.74, 6) is -0.132. The molecule has 160 valence electrons. The largest absolute Gasteiger partial charge is 0.489 e. The van der Waals surface area contributed by atoms with Gasteiger partial charge in [-0.15, -0.1) is 0 Å². The highest BCUT2D eigenvalue weighted by Crippen LogP contribution is 2.47. The van der Waals surface area contributed by atoms with Crippen LogP contribution in [0.25, 0.3) is 11.3 Å². The number of ether oxygens (including phenoxy) is 1. The summed E-state index contributed by atoms with van der Waals surface area (Å²) in [6.07, 6.45) is 1.62. The van der Waals surface area contributed by atoms with Gasteiger partial charge in [0.1, 0.15) is 29.1 Å². The van der Waals surface area contributed by atoms with Crippen molar-refractivity contribution in [3.05, 3.63) is 76.2 Å². The number of carbonyl (C=O) groups excluding carboxylic acids is 1. The van der Waals surface area contributed by atoms with Gasteiger partial charge < -0.3 is 21.3 Å². The van der Waals surface area contributed by atoms with E-state index in [1.165, 1.54) is 0 Å². The van der Waals surface area contributed by atoms with Crippen LogP contribution in [0.4, 0.5) is 0 Å². The zero-order chi connectivity index (χ0) is 22.4. The number of hydrogen-bond acceptors (Lipinski definition) is 6. The van der Waals surface area contributed by atoms with Crippen molar-refractivity contribution in [2.75, 3.05) is 13.2 Å². The fraction of sp³-hybridized carbons (Fsp3) is 0.261. The van der Waals surface area contributed by atoms with Gasteiger partial charge >= 0.3 is 0 Å². The first-order valence-electron chi connectivity index (χ1n) is 9.80. The highest BCUT2D eigenvalue weighted by molar-refractivity contribution is 6.33. The molecule has 0 bridgehead atoms. The number of hydrogen-bond donors (Lipinski definition) is 3. The molecule has 1 aromatic carbocycles.